The van der Waals surface area contributed by atoms with Gasteiger partial charge in [-0.2, -0.15) is 0 Å². The van der Waals surface area contributed by atoms with Crippen molar-refractivity contribution < 1.29 is 14.6 Å². The van der Waals surface area contributed by atoms with Crippen LogP contribution in [0.1, 0.15) is 29.6 Å². The number of hydrogen-bond acceptors (Lipinski definition) is 6. The molecule has 0 spiro atoms. The maximum atomic E-state index is 12.7. The van der Waals surface area contributed by atoms with Crippen LogP contribution >= 0.6 is 0 Å². The summed E-state index contributed by atoms with van der Waals surface area (Å²) < 4.78 is 5.37. The average Bonchev–Trinajstić information content (AvgIpc) is 2.62. The highest BCUT2D eigenvalue weighted by Crippen LogP contribution is 2.25. The molecule has 3 rings (SSSR count). The number of methoxy groups -OCH3 is 1. The molecule has 7 nitrogen and oxygen atoms in total. The van der Waals surface area contributed by atoms with Gasteiger partial charge in [0, 0.05) is 43.5 Å². The topological polar surface area (TPSA) is 96.4 Å². The Morgan fingerprint density at radius 1 is 1.33 bits per heavy atom. The van der Waals surface area contributed by atoms with Crippen LogP contribution in [0.2, 0.25) is 0 Å². The van der Waals surface area contributed by atoms with E-state index in [1.54, 1.807) is 38.8 Å². The lowest BCUT2D eigenvalue weighted by atomic mass is 9.90. The van der Waals surface area contributed by atoms with Crippen LogP contribution in [-0.2, 0) is 4.74 Å². The first-order chi connectivity index (χ1) is 11.6. The number of carbonyl (C=O) groups is 1. The van der Waals surface area contributed by atoms with Gasteiger partial charge in [-0.3, -0.25) is 9.78 Å². The minimum atomic E-state index is -0.558. The number of aliphatic hydroxyl groups excluding tert-OH is 1. The van der Waals surface area contributed by atoms with Crippen molar-refractivity contribution in [3.05, 3.63) is 30.2 Å². The Balaban J connectivity index is 1.86. The van der Waals surface area contributed by atoms with Crippen LogP contribution in [0.4, 0.5) is 5.82 Å². The summed E-state index contributed by atoms with van der Waals surface area (Å²) in [6.45, 7) is 0. The normalized spacial score (nSPS) is 23.9. The summed E-state index contributed by atoms with van der Waals surface area (Å²) in [7, 11) is 3.43. The lowest BCUT2D eigenvalue weighted by Crippen LogP contribution is -2.48. The van der Waals surface area contributed by atoms with Crippen LogP contribution in [0.5, 0.6) is 0 Å². The second-order valence-corrected chi connectivity index (χ2v) is 6.01. The van der Waals surface area contributed by atoms with Crippen LogP contribution in [0.15, 0.2) is 24.7 Å². The van der Waals surface area contributed by atoms with Crippen molar-refractivity contribution in [2.45, 2.75) is 37.5 Å². The molecule has 0 saturated heterocycles. The van der Waals surface area contributed by atoms with E-state index in [9.17, 15) is 9.90 Å². The van der Waals surface area contributed by atoms with Gasteiger partial charge in [-0.25, -0.2) is 4.98 Å². The molecule has 1 fully saturated rings. The number of fused-ring (bicyclic) bond motifs is 1. The lowest BCUT2D eigenvalue weighted by Gasteiger charge is -2.33. The number of nitrogens with zero attached hydrogens (tertiary/aromatic N) is 2. The van der Waals surface area contributed by atoms with E-state index in [0.29, 0.717) is 24.2 Å². The number of carbonyl (C=O) groups excluding carboxylic acids is 1. The van der Waals surface area contributed by atoms with Crippen LogP contribution in [0, 0.1) is 0 Å². The Bertz CT molecular complexity index is 737. The summed E-state index contributed by atoms with van der Waals surface area (Å²) in [5, 5.41) is 17.7. The summed E-state index contributed by atoms with van der Waals surface area (Å²) in [6.07, 6.45) is 6.40. The highest BCUT2D eigenvalue weighted by Gasteiger charge is 2.31. The van der Waals surface area contributed by atoms with E-state index in [2.05, 4.69) is 20.6 Å². The van der Waals surface area contributed by atoms with Gasteiger partial charge in [0.25, 0.3) is 5.91 Å². The molecule has 2 aromatic heterocycles. The number of rotatable bonds is 4. The van der Waals surface area contributed by atoms with Gasteiger partial charge in [0.2, 0.25) is 0 Å². The zero-order valence-corrected chi connectivity index (χ0v) is 13.8. The van der Waals surface area contributed by atoms with E-state index >= 15 is 0 Å². The summed E-state index contributed by atoms with van der Waals surface area (Å²) in [6, 6.07) is 1.47. The SMILES string of the molecule is CNc1ncc(C(=O)NC2CC(OC)CCC2O)c2ccncc12. The van der Waals surface area contributed by atoms with Gasteiger partial charge in [-0.15, -0.1) is 0 Å². The third-order valence-electron chi connectivity index (χ3n) is 4.59. The number of aliphatic hydroxyl groups is 1. The van der Waals surface area contributed by atoms with Crippen LogP contribution in [-0.4, -0.2) is 53.4 Å². The van der Waals surface area contributed by atoms with Gasteiger partial charge in [0.05, 0.1) is 23.8 Å². The van der Waals surface area contributed by atoms with E-state index in [1.165, 1.54) is 0 Å². The highest BCUT2D eigenvalue weighted by atomic mass is 16.5. The van der Waals surface area contributed by atoms with E-state index < -0.39 is 6.10 Å². The number of anilines is 1. The molecule has 3 N–H and O–H groups in total. The molecule has 24 heavy (non-hydrogen) atoms. The van der Waals surface area contributed by atoms with Gasteiger partial charge in [0.1, 0.15) is 5.82 Å². The van der Waals surface area contributed by atoms with Crippen molar-refractivity contribution in [3.63, 3.8) is 0 Å². The fraction of sp³-hybridized carbons (Fsp3) is 0.471. The third kappa shape index (κ3) is 3.18. The van der Waals surface area contributed by atoms with Gasteiger partial charge in [-0.1, -0.05) is 0 Å². The molecule has 0 radical (unpaired) electrons. The van der Waals surface area contributed by atoms with E-state index in [0.717, 1.165) is 17.2 Å². The fourth-order valence-electron chi connectivity index (χ4n) is 3.20. The van der Waals surface area contributed by atoms with Gasteiger partial charge >= 0.3 is 0 Å². The zero-order valence-electron chi connectivity index (χ0n) is 13.8. The molecule has 7 heteroatoms. The quantitative estimate of drug-likeness (QED) is 0.783. The van der Waals surface area contributed by atoms with Crippen LogP contribution in [0.3, 0.4) is 0 Å². The predicted molar refractivity (Wildman–Crippen MR) is 91.0 cm³/mol. The molecule has 3 unspecified atom stereocenters. The van der Waals surface area contributed by atoms with Crippen LogP contribution < -0.4 is 10.6 Å². The maximum Gasteiger partial charge on any atom is 0.253 e. The third-order valence-corrected chi connectivity index (χ3v) is 4.59. The summed E-state index contributed by atoms with van der Waals surface area (Å²) in [5.41, 5.74) is 0.471. The van der Waals surface area contributed by atoms with Gasteiger partial charge in [-0.05, 0) is 25.3 Å². The molecule has 1 amide bonds. The van der Waals surface area contributed by atoms with Gasteiger partial charge in [0.15, 0.2) is 0 Å². The molecule has 2 heterocycles. The van der Waals surface area contributed by atoms with Crippen molar-refractivity contribution >= 4 is 22.5 Å². The number of hydrogen-bond donors (Lipinski definition) is 3. The van der Waals surface area contributed by atoms with Crippen molar-refractivity contribution in [2.75, 3.05) is 19.5 Å². The number of nitrogens with one attached hydrogen (secondary N) is 2. The first kappa shape index (κ1) is 16.6. The van der Waals surface area contributed by atoms with E-state index in [1.807, 2.05) is 0 Å². The standard InChI is InChI=1S/C17H22N4O3/c1-18-16-12-8-19-6-5-11(12)13(9-20-16)17(23)21-14-7-10(24-2)3-4-15(14)22/h5-6,8-10,14-15,22H,3-4,7H2,1-2H3,(H,18,20)(H,21,23). The minimum absolute atomic E-state index is 0.0597. The molecule has 1 aliphatic rings. The molecule has 0 bridgehead atoms. The van der Waals surface area contributed by atoms with Crippen molar-refractivity contribution in [3.8, 4) is 0 Å². The molecule has 0 aliphatic heterocycles. The van der Waals surface area contributed by atoms with Crippen molar-refractivity contribution in [2.24, 2.45) is 0 Å². The largest absolute Gasteiger partial charge is 0.391 e. The highest BCUT2D eigenvalue weighted by molar-refractivity contribution is 6.09. The summed E-state index contributed by atoms with van der Waals surface area (Å²) in [5.74, 6) is 0.425. The molecule has 1 aliphatic carbocycles. The van der Waals surface area contributed by atoms with Crippen LogP contribution in [0.25, 0.3) is 10.8 Å². The number of pyridine rings is 2. The molecule has 3 atom stereocenters. The average molecular weight is 330 g/mol. The summed E-state index contributed by atoms with van der Waals surface area (Å²) >= 11 is 0. The first-order valence-corrected chi connectivity index (χ1v) is 8.06. The minimum Gasteiger partial charge on any atom is -0.391 e. The Kier molecular flexibility index (Phi) is 4.92. The van der Waals surface area contributed by atoms with E-state index in [4.69, 9.17) is 4.74 Å². The van der Waals surface area contributed by atoms with Crippen molar-refractivity contribution in [1.29, 1.82) is 0 Å². The molecular weight excluding hydrogens is 308 g/mol. The number of amides is 1. The molecule has 1 saturated carbocycles. The van der Waals surface area contributed by atoms with E-state index in [-0.39, 0.29) is 18.1 Å². The Labute approximate surface area is 140 Å². The summed E-state index contributed by atoms with van der Waals surface area (Å²) in [4.78, 5) is 21.1. The Morgan fingerprint density at radius 2 is 2.17 bits per heavy atom. The monoisotopic (exact) mass is 330 g/mol. The first-order valence-electron chi connectivity index (χ1n) is 8.06. The second-order valence-electron chi connectivity index (χ2n) is 6.01. The van der Waals surface area contributed by atoms with Gasteiger partial charge < -0.3 is 20.5 Å². The fourth-order valence-corrected chi connectivity index (χ4v) is 3.20. The smallest absolute Gasteiger partial charge is 0.253 e. The lowest BCUT2D eigenvalue weighted by molar-refractivity contribution is 0.00289. The number of aromatic nitrogens is 2. The molecule has 128 valence electrons. The Hall–Kier alpha value is -2.25. The Morgan fingerprint density at radius 3 is 2.92 bits per heavy atom. The molecule has 2 aromatic rings. The predicted octanol–water partition coefficient (Wildman–Crippen LogP) is 1.33. The maximum absolute atomic E-state index is 12.7. The van der Waals surface area contributed by atoms with Crippen molar-refractivity contribution in [1.82, 2.24) is 15.3 Å². The second kappa shape index (κ2) is 7.11. The number of ether oxygens (including phenoxy) is 1. The molecule has 0 aromatic carbocycles. The molecular formula is C17H22N4O3. The zero-order chi connectivity index (χ0) is 17.1.